The molecule has 1 fully saturated rings. The SMILES string of the molecule is CN1c2ccccc2[C@]23CCN(Cc4ccccc4)C(=O)[C@@H]2c2ccccc2N[C@H]13. The minimum Gasteiger partial charge on any atom is -0.364 e. The van der Waals surface area contributed by atoms with Crippen molar-refractivity contribution in [1.29, 1.82) is 0 Å². The van der Waals surface area contributed by atoms with E-state index in [1.165, 1.54) is 16.8 Å². The van der Waals surface area contributed by atoms with Crippen molar-refractivity contribution in [3.8, 4) is 0 Å². The molecule has 4 heteroatoms. The van der Waals surface area contributed by atoms with Gasteiger partial charge in [-0.25, -0.2) is 0 Å². The van der Waals surface area contributed by atoms with Gasteiger partial charge in [-0.05, 0) is 35.2 Å². The summed E-state index contributed by atoms with van der Waals surface area (Å²) in [6.45, 7) is 1.44. The number of anilines is 2. The number of likely N-dealkylation sites (N-methyl/N-ethyl adjacent to an activating group) is 1. The minimum atomic E-state index is -0.246. The van der Waals surface area contributed by atoms with Crippen LogP contribution in [0.2, 0.25) is 0 Å². The highest BCUT2D eigenvalue weighted by molar-refractivity contribution is 5.92. The molecule has 3 atom stereocenters. The van der Waals surface area contributed by atoms with Gasteiger partial charge >= 0.3 is 0 Å². The molecule has 3 aromatic rings. The van der Waals surface area contributed by atoms with Crippen molar-refractivity contribution in [3.63, 3.8) is 0 Å². The number of nitrogens with zero attached hydrogens (tertiary/aromatic N) is 2. The highest BCUT2D eigenvalue weighted by atomic mass is 16.2. The second kappa shape index (κ2) is 6.36. The molecule has 0 bridgehead atoms. The first-order valence-corrected chi connectivity index (χ1v) is 10.7. The largest absolute Gasteiger partial charge is 0.364 e. The molecule has 0 aromatic heterocycles. The zero-order chi connectivity index (χ0) is 20.3. The van der Waals surface area contributed by atoms with Crippen molar-refractivity contribution in [2.75, 3.05) is 23.8 Å². The summed E-state index contributed by atoms with van der Waals surface area (Å²) in [7, 11) is 2.15. The topological polar surface area (TPSA) is 35.6 Å². The maximum absolute atomic E-state index is 14.1. The Bertz CT molecular complexity index is 1130. The van der Waals surface area contributed by atoms with Crippen LogP contribution < -0.4 is 10.2 Å². The first-order chi connectivity index (χ1) is 14.7. The van der Waals surface area contributed by atoms with Crippen molar-refractivity contribution >= 4 is 17.3 Å². The molecule has 0 radical (unpaired) electrons. The summed E-state index contributed by atoms with van der Waals surface area (Å²) in [5.41, 5.74) is 5.68. The molecule has 0 unspecified atom stereocenters. The van der Waals surface area contributed by atoms with Crippen molar-refractivity contribution in [1.82, 2.24) is 4.90 Å². The van der Waals surface area contributed by atoms with E-state index in [0.717, 1.165) is 24.2 Å². The first kappa shape index (κ1) is 17.6. The van der Waals surface area contributed by atoms with Crippen LogP contribution in [0.1, 0.15) is 29.0 Å². The third-order valence-electron chi connectivity index (χ3n) is 7.31. The molecular formula is C26H25N3O. The summed E-state index contributed by atoms with van der Waals surface area (Å²) in [4.78, 5) is 18.5. The smallest absolute Gasteiger partial charge is 0.231 e. The Kier molecular flexibility index (Phi) is 3.73. The molecule has 3 aliphatic heterocycles. The number of likely N-dealkylation sites (tertiary alicyclic amines) is 1. The average Bonchev–Trinajstić information content (AvgIpc) is 3.03. The van der Waals surface area contributed by atoms with Crippen LogP contribution in [0.5, 0.6) is 0 Å². The Morgan fingerprint density at radius 1 is 0.967 bits per heavy atom. The number of benzene rings is 3. The van der Waals surface area contributed by atoms with E-state index >= 15 is 0 Å². The molecule has 3 aromatic carbocycles. The number of nitrogens with one attached hydrogen (secondary N) is 1. The molecule has 3 aliphatic rings. The molecule has 0 aliphatic carbocycles. The molecule has 0 saturated carbocycles. The summed E-state index contributed by atoms with van der Waals surface area (Å²) >= 11 is 0. The fraction of sp³-hybridized carbons (Fsp3) is 0.269. The number of piperidine rings is 1. The Hall–Kier alpha value is -3.27. The van der Waals surface area contributed by atoms with Crippen LogP contribution in [0, 0.1) is 0 Å². The van der Waals surface area contributed by atoms with E-state index in [1.807, 2.05) is 18.2 Å². The van der Waals surface area contributed by atoms with Gasteiger partial charge in [0.15, 0.2) is 0 Å². The number of hydrogen-bond donors (Lipinski definition) is 1. The van der Waals surface area contributed by atoms with E-state index in [4.69, 9.17) is 0 Å². The molecule has 1 N–H and O–H groups in total. The summed E-state index contributed by atoms with van der Waals surface area (Å²) in [6, 6.07) is 27.3. The van der Waals surface area contributed by atoms with Gasteiger partial charge in [0.25, 0.3) is 0 Å². The lowest BCUT2D eigenvalue weighted by molar-refractivity contribution is -0.139. The zero-order valence-electron chi connectivity index (χ0n) is 17.1. The standard InChI is InChI=1S/C26H25N3O/c1-28-22-14-8-6-12-20(22)26-15-16-29(17-18-9-3-2-4-10-18)24(30)23(26)19-11-5-7-13-21(19)27-25(26)28/h2-14,23,25,27H,15-17H2,1H3/t23-,25+,26+/m0/s1. The van der Waals surface area contributed by atoms with Gasteiger partial charge in [-0.1, -0.05) is 66.7 Å². The van der Waals surface area contributed by atoms with Crippen LogP contribution in [-0.4, -0.2) is 30.6 Å². The second-order valence-corrected chi connectivity index (χ2v) is 8.73. The molecular weight excluding hydrogens is 370 g/mol. The lowest BCUT2D eigenvalue weighted by atomic mass is 9.60. The van der Waals surface area contributed by atoms with Crippen LogP contribution in [0.25, 0.3) is 0 Å². The quantitative estimate of drug-likeness (QED) is 0.701. The number of carbonyl (C=O) groups excluding carboxylic acids is 1. The monoisotopic (exact) mass is 395 g/mol. The molecule has 30 heavy (non-hydrogen) atoms. The molecule has 1 saturated heterocycles. The normalized spacial score (nSPS) is 26.4. The molecule has 6 rings (SSSR count). The number of carbonyl (C=O) groups is 1. The maximum atomic E-state index is 14.1. The fourth-order valence-electron chi connectivity index (χ4n) is 5.99. The molecule has 4 nitrogen and oxygen atoms in total. The molecule has 150 valence electrons. The predicted octanol–water partition coefficient (Wildman–Crippen LogP) is 4.34. The Morgan fingerprint density at radius 2 is 1.70 bits per heavy atom. The van der Waals surface area contributed by atoms with E-state index in [-0.39, 0.29) is 23.4 Å². The molecule has 1 spiro atoms. The summed E-state index contributed by atoms with van der Waals surface area (Å²) in [6.07, 6.45) is 1.03. The third kappa shape index (κ3) is 2.25. The number of para-hydroxylation sites is 2. The van der Waals surface area contributed by atoms with E-state index in [0.29, 0.717) is 6.54 Å². The average molecular weight is 396 g/mol. The zero-order valence-corrected chi connectivity index (χ0v) is 17.1. The van der Waals surface area contributed by atoms with Crippen molar-refractivity contribution in [2.45, 2.75) is 30.5 Å². The van der Waals surface area contributed by atoms with Gasteiger partial charge in [0.1, 0.15) is 6.17 Å². The number of hydrogen-bond acceptors (Lipinski definition) is 3. The van der Waals surface area contributed by atoms with Gasteiger partial charge in [-0.15, -0.1) is 0 Å². The van der Waals surface area contributed by atoms with Crippen LogP contribution in [0.4, 0.5) is 11.4 Å². The van der Waals surface area contributed by atoms with E-state index in [1.54, 1.807) is 0 Å². The molecule has 3 heterocycles. The van der Waals surface area contributed by atoms with E-state index in [9.17, 15) is 4.79 Å². The Labute approximate surface area is 177 Å². The van der Waals surface area contributed by atoms with Gasteiger partial charge in [0, 0.05) is 31.5 Å². The van der Waals surface area contributed by atoms with Gasteiger partial charge in [-0.2, -0.15) is 0 Å². The van der Waals surface area contributed by atoms with E-state index < -0.39 is 0 Å². The van der Waals surface area contributed by atoms with Gasteiger partial charge < -0.3 is 15.1 Å². The van der Waals surface area contributed by atoms with Crippen LogP contribution in [0.3, 0.4) is 0 Å². The lowest BCUT2D eigenvalue weighted by Crippen LogP contribution is -2.62. The second-order valence-electron chi connectivity index (χ2n) is 8.73. The van der Waals surface area contributed by atoms with Crippen molar-refractivity contribution < 1.29 is 4.79 Å². The van der Waals surface area contributed by atoms with Crippen molar-refractivity contribution in [2.24, 2.45) is 0 Å². The Balaban J connectivity index is 1.50. The third-order valence-corrected chi connectivity index (χ3v) is 7.31. The first-order valence-electron chi connectivity index (χ1n) is 10.7. The van der Waals surface area contributed by atoms with Crippen LogP contribution in [0.15, 0.2) is 78.9 Å². The fourth-order valence-corrected chi connectivity index (χ4v) is 5.99. The van der Waals surface area contributed by atoms with Crippen LogP contribution >= 0.6 is 0 Å². The van der Waals surface area contributed by atoms with Crippen molar-refractivity contribution in [3.05, 3.63) is 95.6 Å². The number of rotatable bonds is 2. The van der Waals surface area contributed by atoms with Crippen LogP contribution in [-0.2, 0) is 16.8 Å². The number of amides is 1. The summed E-state index contributed by atoms with van der Waals surface area (Å²) < 4.78 is 0. The maximum Gasteiger partial charge on any atom is 0.231 e. The highest BCUT2D eigenvalue weighted by Gasteiger charge is 2.62. The summed E-state index contributed by atoms with van der Waals surface area (Å²) in [5.74, 6) is 0.0673. The molecule has 1 amide bonds. The predicted molar refractivity (Wildman–Crippen MR) is 120 cm³/mol. The highest BCUT2D eigenvalue weighted by Crippen LogP contribution is 2.59. The summed E-state index contributed by atoms with van der Waals surface area (Å²) in [5, 5.41) is 3.79. The Morgan fingerprint density at radius 3 is 2.57 bits per heavy atom. The van der Waals surface area contributed by atoms with Gasteiger partial charge in [0.05, 0.1) is 11.3 Å². The van der Waals surface area contributed by atoms with Gasteiger partial charge in [0.2, 0.25) is 5.91 Å². The number of fused-ring (bicyclic) bond motifs is 3. The van der Waals surface area contributed by atoms with Gasteiger partial charge in [-0.3, -0.25) is 4.79 Å². The van der Waals surface area contributed by atoms with E-state index in [2.05, 4.69) is 82.8 Å². The minimum absolute atomic E-state index is 0.0811. The lowest BCUT2D eigenvalue weighted by Gasteiger charge is -2.52.